The van der Waals surface area contributed by atoms with Gasteiger partial charge in [-0.25, -0.2) is 0 Å². The van der Waals surface area contributed by atoms with Gasteiger partial charge >= 0.3 is 0 Å². The largest absolute Gasteiger partial charge is 0.393 e. The molecule has 0 aliphatic rings. The topological polar surface area (TPSA) is 51.5 Å². The molecule has 1 unspecified atom stereocenters. The smallest absolute Gasteiger partial charge is 0.215 e. The molecule has 0 aromatic heterocycles. The number of halogens is 1. The van der Waals surface area contributed by atoms with Gasteiger partial charge in [-0.05, 0) is 71.1 Å². The molecule has 0 aliphatic heterocycles. The number of nitriles is 1. The van der Waals surface area contributed by atoms with Crippen molar-refractivity contribution in [1.29, 1.82) is 5.26 Å². The van der Waals surface area contributed by atoms with E-state index in [0.717, 1.165) is 5.56 Å². The van der Waals surface area contributed by atoms with E-state index in [1.807, 2.05) is 65.5 Å². The molecule has 0 N–H and O–H groups in total. The van der Waals surface area contributed by atoms with E-state index in [2.05, 4.69) is 6.07 Å². The predicted octanol–water partition coefficient (Wildman–Crippen LogP) is 5.64. The molecule has 1 atom stereocenters. The van der Waals surface area contributed by atoms with Gasteiger partial charge < -0.3 is 13.9 Å². The SMILES string of the molecule is CC(C)OC(OC(C)C)C(C#N)(/C=C/c1ccc(Cl)cc1)O[Si](C)(C)C. The fourth-order valence-corrected chi connectivity index (χ4v) is 3.65. The highest BCUT2D eigenvalue weighted by molar-refractivity contribution is 6.69. The molecular weight excluding hydrogens is 366 g/mol. The van der Waals surface area contributed by atoms with Crippen LogP contribution in [0.5, 0.6) is 0 Å². The first kappa shape index (κ1) is 22.9. The molecular formula is C20H30ClNO3Si. The van der Waals surface area contributed by atoms with Crippen molar-refractivity contribution in [2.75, 3.05) is 0 Å². The third-order valence-electron chi connectivity index (χ3n) is 3.18. The Morgan fingerprint density at radius 3 is 1.92 bits per heavy atom. The summed E-state index contributed by atoms with van der Waals surface area (Å²) in [5.74, 6) is 0. The molecule has 0 saturated carbocycles. The van der Waals surface area contributed by atoms with Crippen LogP contribution in [0.2, 0.25) is 24.7 Å². The van der Waals surface area contributed by atoms with Crippen molar-refractivity contribution in [3.63, 3.8) is 0 Å². The van der Waals surface area contributed by atoms with E-state index in [9.17, 15) is 5.26 Å². The molecule has 26 heavy (non-hydrogen) atoms. The second kappa shape index (κ2) is 9.68. The van der Waals surface area contributed by atoms with E-state index in [1.54, 1.807) is 18.2 Å². The van der Waals surface area contributed by atoms with Crippen LogP contribution in [0.4, 0.5) is 0 Å². The van der Waals surface area contributed by atoms with Gasteiger partial charge in [0.25, 0.3) is 0 Å². The van der Waals surface area contributed by atoms with Gasteiger partial charge in [0.15, 0.2) is 8.32 Å². The van der Waals surface area contributed by atoms with Gasteiger partial charge in [-0.2, -0.15) is 5.26 Å². The van der Waals surface area contributed by atoms with Crippen molar-refractivity contribution < 1.29 is 13.9 Å². The minimum absolute atomic E-state index is 0.111. The molecule has 0 saturated heterocycles. The quantitative estimate of drug-likeness (QED) is 0.400. The highest BCUT2D eigenvalue weighted by atomic mass is 35.5. The summed E-state index contributed by atoms with van der Waals surface area (Å²) in [6, 6.07) is 9.70. The normalized spacial score (nSPS) is 15.0. The minimum Gasteiger partial charge on any atom is -0.393 e. The molecule has 0 fully saturated rings. The van der Waals surface area contributed by atoms with Crippen LogP contribution in [0.1, 0.15) is 33.3 Å². The monoisotopic (exact) mass is 395 g/mol. The lowest BCUT2D eigenvalue weighted by Gasteiger charge is -2.38. The molecule has 0 spiro atoms. The van der Waals surface area contributed by atoms with Crippen LogP contribution in [-0.2, 0) is 13.9 Å². The van der Waals surface area contributed by atoms with Gasteiger partial charge in [-0.1, -0.05) is 29.8 Å². The van der Waals surface area contributed by atoms with Gasteiger partial charge in [-0.3, -0.25) is 0 Å². The zero-order valence-electron chi connectivity index (χ0n) is 16.7. The summed E-state index contributed by atoms with van der Waals surface area (Å²) in [5, 5.41) is 10.7. The standard InChI is InChI=1S/C20H30ClNO3Si/c1-15(2)23-19(24-16(3)4)20(14-22,25-26(5,6)7)13-12-17-8-10-18(21)11-9-17/h8-13,15-16,19H,1-7H3/b13-12+. The maximum absolute atomic E-state index is 10.1. The average Bonchev–Trinajstić information content (AvgIpc) is 2.50. The molecule has 0 heterocycles. The van der Waals surface area contributed by atoms with Gasteiger partial charge in [0.2, 0.25) is 11.9 Å². The zero-order valence-corrected chi connectivity index (χ0v) is 18.5. The van der Waals surface area contributed by atoms with Crippen molar-refractivity contribution in [3.8, 4) is 6.07 Å². The Labute approximate surface area is 163 Å². The van der Waals surface area contributed by atoms with E-state index in [4.69, 9.17) is 25.5 Å². The Morgan fingerprint density at radius 2 is 1.54 bits per heavy atom. The maximum Gasteiger partial charge on any atom is 0.215 e. The molecule has 0 amide bonds. The summed E-state index contributed by atoms with van der Waals surface area (Å²) in [5.41, 5.74) is -0.417. The second-order valence-electron chi connectivity index (χ2n) is 7.71. The summed E-state index contributed by atoms with van der Waals surface area (Å²) >= 11 is 5.95. The van der Waals surface area contributed by atoms with Crippen LogP contribution in [0.3, 0.4) is 0 Å². The summed E-state index contributed by atoms with van der Waals surface area (Å²) < 4.78 is 18.2. The Hall–Kier alpha value is -1.16. The first-order chi connectivity index (χ1) is 12.0. The van der Waals surface area contributed by atoms with Crippen LogP contribution >= 0.6 is 11.6 Å². The maximum atomic E-state index is 10.1. The first-order valence-electron chi connectivity index (χ1n) is 8.84. The van der Waals surface area contributed by atoms with Gasteiger partial charge in [0, 0.05) is 5.02 Å². The summed E-state index contributed by atoms with van der Waals surface area (Å²) in [4.78, 5) is 0. The second-order valence-corrected chi connectivity index (χ2v) is 12.6. The lowest BCUT2D eigenvalue weighted by atomic mass is 10.0. The lowest BCUT2D eigenvalue weighted by Crippen LogP contribution is -2.52. The highest BCUT2D eigenvalue weighted by Gasteiger charge is 2.44. The van der Waals surface area contributed by atoms with E-state index in [0.29, 0.717) is 5.02 Å². The highest BCUT2D eigenvalue weighted by Crippen LogP contribution is 2.29. The van der Waals surface area contributed by atoms with E-state index >= 15 is 0 Å². The summed E-state index contributed by atoms with van der Waals surface area (Å²) in [6.07, 6.45) is 2.54. The van der Waals surface area contributed by atoms with Crippen molar-refractivity contribution >= 4 is 26.0 Å². The van der Waals surface area contributed by atoms with Crippen LogP contribution in [0.15, 0.2) is 30.3 Å². The van der Waals surface area contributed by atoms with Crippen LogP contribution in [-0.4, -0.2) is 32.4 Å². The molecule has 1 rings (SSSR count). The van der Waals surface area contributed by atoms with Crippen LogP contribution < -0.4 is 0 Å². The molecule has 6 heteroatoms. The fraction of sp³-hybridized carbons (Fsp3) is 0.550. The molecule has 1 aromatic rings. The third-order valence-corrected chi connectivity index (χ3v) is 4.39. The van der Waals surface area contributed by atoms with E-state index in [1.165, 1.54) is 0 Å². The zero-order chi connectivity index (χ0) is 20.0. The Morgan fingerprint density at radius 1 is 1.04 bits per heavy atom. The molecule has 1 aromatic carbocycles. The van der Waals surface area contributed by atoms with Gasteiger partial charge in [0.1, 0.15) is 6.07 Å². The van der Waals surface area contributed by atoms with Crippen LogP contribution in [0, 0.1) is 11.3 Å². The number of hydrogen-bond donors (Lipinski definition) is 0. The average molecular weight is 396 g/mol. The van der Waals surface area contributed by atoms with E-state index < -0.39 is 20.2 Å². The third kappa shape index (κ3) is 7.61. The van der Waals surface area contributed by atoms with E-state index in [-0.39, 0.29) is 12.2 Å². The fourth-order valence-electron chi connectivity index (χ4n) is 2.30. The number of ether oxygens (including phenoxy) is 2. The summed E-state index contributed by atoms with van der Waals surface area (Å²) in [6.45, 7) is 13.8. The van der Waals surface area contributed by atoms with Crippen molar-refractivity contribution in [3.05, 3.63) is 40.9 Å². The number of rotatable bonds is 9. The molecule has 0 radical (unpaired) electrons. The molecule has 0 bridgehead atoms. The number of benzene rings is 1. The van der Waals surface area contributed by atoms with Crippen molar-refractivity contribution in [2.24, 2.45) is 0 Å². The van der Waals surface area contributed by atoms with Crippen molar-refractivity contribution in [1.82, 2.24) is 0 Å². The Balaban J connectivity index is 3.33. The number of nitrogens with zero attached hydrogens (tertiary/aromatic N) is 1. The Bertz CT molecular complexity index is 622. The van der Waals surface area contributed by atoms with Gasteiger partial charge in [-0.15, -0.1) is 0 Å². The first-order valence-corrected chi connectivity index (χ1v) is 12.6. The number of hydrogen-bond acceptors (Lipinski definition) is 4. The van der Waals surface area contributed by atoms with Crippen molar-refractivity contribution in [2.45, 2.75) is 71.4 Å². The lowest BCUT2D eigenvalue weighted by molar-refractivity contribution is -0.229. The minimum atomic E-state index is -2.08. The summed E-state index contributed by atoms with van der Waals surface area (Å²) in [7, 11) is -2.08. The Kier molecular flexibility index (Phi) is 8.52. The van der Waals surface area contributed by atoms with Gasteiger partial charge in [0.05, 0.1) is 12.2 Å². The molecule has 144 valence electrons. The molecule has 4 nitrogen and oxygen atoms in total. The van der Waals surface area contributed by atoms with Crippen LogP contribution in [0.25, 0.3) is 6.08 Å². The molecule has 0 aliphatic carbocycles. The predicted molar refractivity (Wildman–Crippen MR) is 109 cm³/mol.